The summed E-state index contributed by atoms with van der Waals surface area (Å²) < 4.78 is 7.21. The van der Waals surface area contributed by atoms with Crippen LogP contribution in [0.25, 0.3) is 10.8 Å². The molecule has 140 valence electrons. The summed E-state index contributed by atoms with van der Waals surface area (Å²) in [5.74, 6) is -1.11. The number of carboxylic acids is 1. The number of ether oxygens (including phenoxy) is 1. The summed E-state index contributed by atoms with van der Waals surface area (Å²) in [6, 6.07) is 11.8. The third kappa shape index (κ3) is 3.92. The van der Waals surface area contributed by atoms with Gasteiger partial charge in [0, 0.05) is 7.05 Å². The number of nitrogens with zero attached hydrogens (tertiary/aromatic N) is 2. The van der Waals surface area contributed by atoms with E-state index in [0.717, 1.165) is 16.5 Å². The number of benzene rings is 2. The summed E-state index contributed by atoms with van der Waals surface area (Å²) in [5.41, 5.74) is 1.97. The zero-order chi connectivity index (χ0) is 19.6. The Labute approximate surface area is 156 Å². The molecule has 0 fully saturated rings. The molecule has 0 bridgehead atoms. The van der Waals surface area contributed by atoms with Crippen LogP contribution in [0.2, 0.25) is 0 Å². The van der Waals surface area contributed by atoms with Crippen molar-refractivity contribution in [1.82, 2.24) is 15.1 Å². The number of aliphatic carboxylic acids is 1. The van der Waals surface area contributed by atoms with Crippen molar-refractivity contribution in [3.8, 4) is 5.75 Å². The van der Waals surface area contributed by atoms with E-state index >= 15 is 0 Å². The van der Waals surface area contributed by atoms with Crippen molar-refractivity contribution in [3.05, 3.63) is 59.4 Å². The van der Waals surface area contributed by atoms with Crippen LogP contribution in [-0.2, 0) is 16.6 Å². The zero-order valence-corrected chi connectivity index (χ0v) is 15.4. The number of carboxylic acid groups (broad SMARTS) is 1. The van der Waals surface area contributed by atoms with Crippen LogP contribution < -0.4 is 10.1 Å². The maximum Gasteiger partial charge on any atom is 0.330 e. The summed E-state index contributed by atoms with van der Waals surface area (Å²) in [6.07, 6.45) is 0. The molecule has 0 aliphatic heterocycles. The molecule has 2 aromatic carbocycles. The molecular formula is C20H21N3O4. The number of hydrogen-bond donors (Lipinski definition) is 2. The van der Waals surface area contributed by atoms with Crippen LogP contribution in [0, 0.1) is 13.8 Å². The summed E-state index contributed by atoms with van der Waals surface area (Å²) in [6.45, 7) is 3.34. The second-order valence-electron chi connectivity index (χ2n) is 6.36. The van der Waals surface area contributed by atoms with E-state index in [0.29, 0.717) is 17.0 Å². The number of fused-ring (bicyclic) bond motifs is 1. The van der Waals surface area contributed by atoms with Crippen molar-refractivity contribution in [3.63, 3.8) is 0 Å². The molecule has 0 aliphatic rings. The van der Waals surface area contributed by atoms with Gasteiger partial charge in [0.15, 0.2) is 18.4 Å². The number of amides is 1. The lowest BCUT2D eigenvalue weighted by Crippen LogP contribution is -2.36. The molecule has 0 aliphatic carbocycles. The number of carbonyl (C=O) groups excluding carboxylic acids is 1. The molecule has 1 aromatic heterocycles. The molecule has 7 nitrogen and oxygen atoms in total. The molecule has 1 heterocycles. The lowest BCUT2D eigenvalue weighted by Gasteiger charge is -2.16. The molecule has 1 atom stereocenters. The smallest absolute Gasteiger partial charge is 0.330 e. The molecule has 3 rings (SSSR count). The number of hydrogen-bond acceptors (Lipinski definition) is 4. The highest BCUT2D eigenvalue weighted by Crippen LogP contribution is 2.22. The summed E-state index contributed by atoms with van der Waals surface area (Å²) in [4.78, 5) is 24.0. The molecule has 27 heavy (non-hydrogen) atoms. The standard InChI is InChI=1S/C20H21N3O4/c1-12-19(13(2)23(3)22-12)27-11-17(24)21-18(20(25)26)16-9-8-14-6-4-5-7-15(14)10-16/h4-10,18H,11H2,1-3H3,(H,21,24)(H,25,26). The lowest BCUT2D eigenvalue weighted by atomic mass is 10.0. The van der Waals surface area contributed by atoms with Gasteiger partial charge in [-0.15, -0.1) is 0 Å². The van der Waals surface area contributed by atoms with E-state index < -0.39 is 17.9 Å². The second kappa shape index (κ2) is 7.49. The largest absolute Gasteiger partial charge is 0.480 e. The minimum absolute atomic E-state index is 0.287. The van der Waals surface area contributed by atoms with Crippen LogP contribution in [0.5, 0.6) is 5.75 Å². The van der Waals surface area contributed by atoms with Gasteiger partial charge in [-0.3, -0.25) is 9.48 Å². The van der Waals surface area contributed by atoms with E-state index in [1.54, 1.807) is 30.8 Å². The van der Waals surface area contributed by atoms with Gasteiger partial charge in [-0.25, -0.2) is 4.79 Å². The molecule has 0 saturated carbocycles. The maximum atomic E-state index is 12.3. The Kier molecular flexibility index (Phi) is 5.12. The Balaban J connectivity index is 1.73. The van der Waals surface area contributed by atoms with Gasteiger partial charge in [0.05, 0.1) is 5.69 Å². The van der Waals surface area contributed by atoms with Gasteiger partial charge in [-0.2, -0.15) is 5.10 Å². The van der Waals surface area contributed by atoms with Crippen LogP contribution in [0.15, 0.2) is 42.5 Å². The highest BCUT2D eigenvalue weighted by molar-refractivity contribution is 5.88. The van der Waals surface area contributed by atoms with Crippen molar-refractivity contribution in [2.45, 2.75) is 19.9 Å². The first-order chi connectivity index (χ1) is 12.9. The summed E-state index contributed by atoms with van der Waals surface area (Å²) in [5, 5.41) is 18.2. The van der Waals surface area contributed by atoms with E-state index in [1.165, 1.54) is 0 Å². The van der Waals surface area contributed by atoms with E-state index in [2.05, 4.69) is 10.4 Å². The van der Waals surface area contributed by atoms with E-state index in [1.807, 2.05) is 37.3 Å². The van der Waals surface area contributed by atoms with E-state index in [-0.39, 0.29) is 6.61 Å². The fourth-order valence-electron chi connectivity index (χ4n) is 2.98. The third-order valence-electron chi connectivity index (χ3n) is 4.45. The molecule has 2 N–H and O–H groups in total. The number of rotatable bonds is 6. The van der Waals surface area contributed by atoms with Crippen LogP contribution in [0.4, 0.5) is 0 Å². The molecule has 7 heteroatoms. The van der Waals surface area contributed by atoms with Crippen LogP contribution in [-0.4, -0.2) is 33.4 Å². The molecule has 3 aromatic rings. The number of aromatic nitrogens is 2. The predicted octanol–water partition coefficient (Wildman–Crippen LogP) is 2.51. The van der Waals surface area contributed by atoms with Crippen LogP contribution in [0.3, 0.4) is 0 Å². The lowest BCUT2D eigenvalue weighted by molar-refractivity contribution is -0.142. The maximum absolute atomic E-state index is 12.3. The first-order valence-electron chi connectivity index (χ1n) is 8.50. The van der Waals surface area contributed by atoms with Gasteiger partial charge >= 0.3 is 5.97 Å². The Morgan fingerprint density at radius 2 is 1.89 bits per heavy atom. The topological polar surface area (TPSA) is 93.5 Å². The molecule has 1 amide bonds. The minimum Gasteiger partial charge on any atom is -0.480 e. The first kappa shape index (κ1) is 18.4. The second-order valence-corrected chi connectivity index (χ2v) is 6.36. The Morgan fingerprint density at radius 1 is 1.19 bits per heavy atom. The normalized spacial score (nSPS) is 12.0. The molecule has 1 unspecified atom stereocenters. The van der Waals surface area contributed by atoms with Crippen molar-refractivity contribution >= 4 is 22.6 Å². The Bertz CT molecular complexity index is 1010. The number of aryl methyl sites for hydroxylation is 2. The number of nitrogens with one attached hydrogen (secondary N) is 1. The Morgan fingerprint density at radius 3 is 2.52 bits per heavy atom. The average molecular weight is 367 g/mol. The van der Waals surface area contributed by atoms with Crippen LogP contribution in [0.1, 0.15) is 23.0 Å². The van der Waals surface area contributed by atoms with Gasteiger partial charge in [-0.05, 0) is 36.2 Å². The number of carbonyl (C=O) groups is 2. The summed E-state index contributed by atoms with van der Waals surface area (Å²) >= 11 is 0. The fraction of sp³-hybridized carbons (Fsp3) is 0.250. The molecular weight excluding hydrogens is 346 g/mol. The molecule has 0 saturated heterocycles. The Hall–Kier alpha value is -3.35. The van der Waals surface area contributed by atoms with E-state index in [4.69, 9.17) is 4.74 Å². The zero-order valence-electron chi connectivity index (χ0n) is 15.4. The SMILES string of the molecule is Cc1nn(C)c(C)c1OCC(=O)NC(C(=O)O)c1ccc2ccccc2c1. The quantitative estimate of drug-likeness (QED) is 0.698. The van der Waals surface area contributed by atoms with Crippen LogP contribution >= 0.6 is 0 Å². The molecule has 0 radical (unpaired) electrons. The van der Waals surface area contributed by atoms with Crippen molar-refractivity contribution in [2.75, 3.05) is 6.61 Å². The van der Waals surface area contributed by atoms with Crippen molar-refractivity contribution < 1.29 is 19.4 Å². The fourth-order valence-corrected chi connectivity index (χ4v) is 2.98. The van der Waals surface area contributed by atoms with E-state index in [9.17, 15) is 14.7 Å². The van der Waals surface area contributed by atoms with Crippen molar-refractivity contribution in [2.24, 2.45) is 7.05 Å². The first-order valence-corrected chi connectivity index (χ1v) is 8.50. The average Bonchev–Trinajstić information content (AvgIpc) is 2.89. The van der Waals surface area contributed by atoms with Gasteiger partial charge in [0.25, 0.3) is 5.91 Å². The summed E-state index contributed by atoms with van der Waals surface area (Å²) in [7, 11) is 1.79. The van der Waals surface area contributed by atoms with Gasteiger partial charge in [0.1, 0.15) is 5.69 Å². The van der Waals surface area contributed by atoms with Gasteiger partial charge < -0.3 is 15.2 Å². The van der Waals surface area contributed by atoms with Crippen molar-refractivity contribution in [1.29, 1.82) is 0 Å². The highest BCUT2D eigenvalue weighted by Gasteiger charge is 2.23. The van der Waals surface area contributed by atoms with Gasteiger partial charge in [0.2, 0.25) is 0 Å². The third-order valence-corrected chi connectivity index (χ3v) is 4.45. The molecule has 0 spiro atoms. The highest BCUT2D eigenvalue weighted by atomic mass is 16.5. The minimum atomic E-state index is -1.15. The van der Waals surface area contributed by atoms with Gasteiger partial charge in [-0.1, -0.05) is 36.4 Å². The monoisotopic (exact) mass is 367 g/mol. The predicted molar refractivity (Wildman–Crippen MR) is 101 cm³/mol.